The third-order valence-corrected chi connectivity index (χ3v) is 2.82. The van der Waals surface area contributed by atoms with Gasteiger partial charge in [0.2, 0.25) is 0 Å². The van der Waals surface area contributed by atoms with Crippen molar-refractivity contribution in [3.63, 3.8) is 0 Å². The van der Waals surface area contributed by atoms with E-state index in [1.165, 1.54) is 32.1 Å². The molecule has 1 atom stereocenters. The molecule has 1 N–H and O–H groups in total. The molecule has 0 aliphatic heterocycles. The first-order chi connectivity index (χ1) is 7.68. The molecule has 1 unspecified atom stereocenters. The molecule has 0 heterocycles. The molecule has 0 amide bonds. The Labute approximate surface area is 99.7 Å². The first-order valence-corrected chi connectivity index (χ1v) is 6.56. The van der Waals surface area contributed by atoms with Gasteiger partial charge in [-0.1, -0.05) is 45.3 Å². The molecule has 0 spiro atoms. The Morgan fingerprint density at radius 1 is 1.12 bits per heavy atom. The van der Waals surface area contributed by atoms with Crippen molar-refractivity contribution in [2.24, 2.45) is 5.92 Å². The molecular weight excluding hydrogens is 200 g/mol. The van der Waals surface area contributed by atoms with Crippen molar-refractivity contribution >= 4 is 5.97 Å². The third kappa shape index (κ3) is 9.75. The van der Waals surface area contributed by atoms with E-state index in [0.29, 0.717) is 0 Å². The first-order valence-electron chi connectivity index (χ1n) is 6.56. The van der Waals surface area contributed by atoms with E-state index in [2.05, 4.69) is 19.1 Å². The monoisotopic (exact) mass is 226 g/mol. The van der Waals surface area contributed by atoms with Crippen molar-refractivity contribution in [3.8, 4) is 0 Å². The maximum Gasteiger partial charge on any atom is 0.306 e. The molecule has 2 heteroatoms. The van der Waals surface area contributed by atoms with Gasteiger partial charge in [0, 0.05) is 0 Å². The zero-order valence-electron chi connectivity index (χ0n) is 10.7. The molecule has 0 aliphatic carbocycles. The van der Waals surface area contributed by atoms with Crippen LogP contribution in [0.5, 0.6) is 0 Å². The van der Waals surface area contributed by atoms with E-state index in [1.807, 2.05) is 0 Å². The van der Waals surface area contributed by atoms with Gasteiger partial charge in [0.15, 0.2) is 0 Å². The van der Waals surface area contributed by atoms with Crippen LogP contribution in [0.2, 0.25) is 0 Å². The van der Waals surface area contributed by atoms with Gasteiger partial charge in [-0.2, -0.15) is 0 Å². The van der Waals surface area contributed by atoms with Gasteiger partial charge in [-0.25, -0.2) is 0 Å². The highest BCUT2D eigenvalue weighted by Gasteiger charge is 2.08. The van der Waals surface area contributed by atoms with Crippen LogP contribution in [-0.2, 0) is 4.79 Å². The zero-order chi connectivity index (χ0) is 12.2. The van der Waals surface area contributed by atoms with Crippen LogP contribution in [0.1, 0.15) is 65.2 Å². The van der Waals surface area contributed by atoms with E-state index in [0.717, 1.165) is 19.3 Å². The van der Waals surface area contributed by atoms with Gasteiger partial charge in [0.05, 0.1) is 5.92 Å². The molecule has 0 fully saturated rings. The summed E-state index contributed by atoms with van der Waals surface area (Å²) in [6.45, 7) is 4.00. The van der Waals surface area contributed by atoms with E-state index in [9.17, 15) is 4.79 Å². The van der Waals surface area contributed by atoms with Crippen LogP contribution in [0.15, 0.2) is 12.2 Å². The van der Waals surface area contributed by atoms with Crippen molar-refractivity contribution in [2.45, 2.75) is 65.2 Å². The zero-order valence-corrected chi connectivity index (χ0v) is 10.7. The Morgan fingerprint density at radius 3 is 2.31 bits per heavy atom. The summed E-state index contributed by atoms with van der Waals surface area (Å²) in [5.41, 5.74) is 0. The molecule has 0 aromatic carbocycles. The predicted octanol–water partition coefficient (Wildman–Crippen LogP) is 4.40. The number of rotatable bonds is 10. The van der Waals surface area contributed by atoms with Gasteiger partial charge in [0.25, 0.3) is 0 Å². The summed E-state index contributed by atoms with van der Waals surface area (Å²) in [5, 5.41) is 8.69. The molecule has 2 nitrogen and oxygen atoms in total. The number of hydrogen-bond donors (Lipinski definition) is 1. The van der Waals surface area contributed by atoms with Gasteiger partial charge >= 0.3 is 5.97 Å². The minimum Gasteiger partial charge on any atom is -0.481 e. The smallest absolute Gasteiger partial charge is 0.306 e. The maximum atomic E-state index is 10.5. The largest absolute Gasteiger partial charge is 0.481 e. The number of hydrogen-bond acceptors (Lipinski definition) is 1. The second-order valence-electron chi connectivity index (χ2n) is 4.49. The van der Waals surface area contributed by atoms with Crippen LogP contribution in [0.4, 0.5) is 0 Å². The number of carboxylic acid groups (broad SMARTS) is 1. The van der Waals surface area contributed by atoms with Gasteiger partial charge in [0.1, 0.15) is 0 Å². The molecule has 0 aliphatic rings. The summed E-state index contributed by atoms with van der Waals surface area (Å²) in [5.74, 6) is -0.874. The average Bonchev–Trinajstić information content (AvgIpc) is 2.26. The van der Waals surface area contributed by atoms with Crippen molar-refractivity contribution in [2.75, 3.05) is 0 Å². The molecule has 0 rings (SSSR count). The highest BCUT2D eigenvalue weighted by atomic mass is 16.4. The Hall–Kier alpha value is -0.790. The van der Waals surface area contributed by atoms with Crippen LogP contribution in [0.3, 0.4) is 0 Å². The van der Waals surface area contributed by atoms with Gasteiger partial charge in [-0.05, 0) is 32.1 Å². The minimum atomic E-state index is -0.677. The lowest BCUT2D eigenvalue weighted by Crippen LogP contribution is -2.08. The van der Waals surface area contributed by atoms with Crippen molar-refractivity contribution in [1.82, 2.24) is 0 Å². The molecule has 16 heavy (non-hydrogen) atoms. The molecule has 0 bridgehead atoms. The Balaban J connectivity index is 3.24. The summed E-state index contributed by atoms with van der Waals surface area (Å²) in [6, 6.07) is 0. The second-order valence-corrected chi connectivity index (χ2v) is 4.49. The van der Waals surface area contributed by atoms with E-state index in [1.54, 1.807) is 6.92 Å². The minimum absolute atomic E-state index is 0.196. The van der Waals surface area contributed by atoms with Crippen LogP contribution < -0.4 is 0 Å². The average molecular weight is 226 g/mol. The fraction of sp³-hybridized carbons (Fsp3) is 0.786. The van der Waals surface area contributed by atoms with Crippen LogP contribution in [-0.4, -0.2) is 11.1 Å². The second kappa shape index (κ2) is 10.7. The number of unbranched alkanes of at least 4 members (excludes halogenated alkanes) is 5. The molecule has 0 aromatic rings. The fourth-order valence-corrected chi connectivity index (χ4v) is 1.59. The Morgan fingerprint density at radius 2 is 1.75 bits per heavy atom. The molecule has 94 valence electrons. The van der Waals surface area contributed by atoms with Gasteiger partial charge < -0.3 is 5.11 Å². The van der Waals surface area contributed by atoms with Crippen LogP contribution >= 0.6 is 0 Å². The number of aliphatic carboxylic acids is 1. The molecule has 0 radical (unpaired) electrons. The van der Waals surface area contributed by atoms with Crippen molar-refractivity contribution in [1.29, 1.82) is 0 Å². The topological polar surface area (TPSA) is 37.3 Å². The van der Waals surface area contributed by atoms with Crippen LogP contribution in [0, 0.1) is 5.92 Å². The standard InChI is InChI=1S/C14H26O2/c1-3-4-5-6-7-8-9-10-11-12-13(2)14(15)16/h8-9,13H,3-7,10-12H2,1-2H3,(H,15,16). The van der Waals surface area contributed by atoms with E-state index in [4.69, 9.17) is 5.11 Å². The summed E-state index contributed by atoms with van der Waals surface area (Å²) >= 11 is 0. The summed E-state index contributed by atoms with van der Waals surface area (Å²) < 4.78 is 0. The molecule has 0 saturated carbocycles. The summed E-state index contributed by atoms with van der Waals surface area (Å²) in [7, 11) is 0. The number of carboxylic acids is 1. The van der Waals surface area contributed by atoms with Crippen molar-refractivity contribution in [3.05, 3.63) is 12.2 Å². The predicted molar refractivity (Wildman–Crippen MR) is 68.5 cm³/mol. The lowest BCUT2D eigenvalue weighted by Gasteiger charge is -2.03. The fourth-order valence-electron chi connectivity index (χ4n) is 1.59. The van der Waals surface area contributed by atoms with Crippen LogP contribution in [0.25, 0.3) is 0 Å². The maximum absolute atomic E-state index is 10.5. The van der Waals surface area contributed by atoms with E-state index >= 15 is 0 Å². The lowest BCUT2D eigenvalue weighted by atomic mass is 10.0. The van der Waals surface area contributed by atoms with Gasteiger partial charge in [-0.3, -0.25) is 4.79 Å². The highest BCUT2D eigenvalue weighted by Crippen LogP contribution is 2.09. The SMILES string of the molecule is CCCCCCC=CCCCC(C)C(=O)O. The summed E-state index contributed by atoms with van der Waals surface area (Å²) in [4.78, 5) is 10.5. The normalized spacial score (nSPS) is 13.1. The quantitative estimate of drug-likeness (QED) is 0.442. The van der Waals surface area contributed by atoms with E-state index < -0.39 is 5.97 Å². The molecule has 0 saturated heterocycles. The van der Waals surface area contributed by atoms with Gasteiger partial charge in [-0.15, -0.1) is 0 Å². The Kier molecular flexibility index (Phi) is 10.2. The Bertz CT molecular complexity index is 197. The third-order valence-electron chi connectivity index (χ3n) is 2.82. The first kappa shape index (κ1) is 15.2. The lowest BCUT2D eigenvalue weighted by molar-refractivity contribution is -0.141. The molecule has 0 aromatic heterocycles. The van der Waals surface area contributed by atoms with Crippen molar-refractivity contribution < 1.29 is 9.90 Å². The molecular formula is C14H26O2. The number of carbonyl (C=O) groups is 1. The summed E-state index contributed by atoms with van der Waals surface area (Å²) in [6.07, 6.45) is 13.6. The van der Waals surface area contributed by atoms with E-state index in [-0.39, 0.29) is 5.92 Å². The highest BCUT2D eigenvalue weighted by molar-refractivity contribution is 5.69. The number of allylic oxidation sites excluding steroid dienone is 2.